The SMILES string of the molecule is Cc1nn(C)cc1CN1CCN(C(=O)c2ccn(COc3c(Cl)cccc3Cl)n2)CC1. The number of hydrogen-bond donors (Lipinski definition) is 0. The minimum Gasteiger partial charge on any atom is -0.468 e. The minimum absolute atomic E-state index is 0.0771. The Labute approximate surface area is 190 Å². The lowest BCUT2D eigenvalue weighted by Crippen LogP contribution is -2.48. The van der Waals surface area contributed by atoms with Gasteiger partial charge in [-0.15, -0.1) is 0 Å². The number of aryl methyl sites for hydroxylation is 2. The molecule has 3 heterocycles. The zero-order chi connectivity index (χ0) is 22.0. The highest BCUT2D eigenvalue weighted by molar-refractivity contribution is 6.37. The van der Waals surface area contributed by atoms with Crippen LogP contribution in [0.25, 0.3) is 0 Å². The van der Waals surface area contributed by atoms with Crippen molar-refractivity contribution in [3.63, 3.8) is 0 Å². The van der Waals surface area contributed by atoms with Gasteiger partial charge in [-0.2, -0.15) is 10.2 Å². The Morgan fingerprint density at radius 2 is 1.81 bits per heavy atom. The van der Waals surface area contributed by atoms with E-state index in [2.05, 4.69) is 21.3 Å². The second-order valence-corrected chi connectivity index (χ2v) is 8.36. The number of piperazine rings is 1. The molecule has 0 spiro atoms. The van der Waals surface area contributed by atoms with Gasteiger partial charge in [-0.25, -0.2) is 4.68 Å². The first-order valence-electron chi connectivity index (χ1n) is 10.0. The van der Waals surface area contributed by atoms with Crippen molar-refractivity contribution in [2.45, 2.75) is 20.2 Å². The molecule has 1 fully saturated rings. The molecule has 0 unspecified atom stereocenters. The summed E-state index contributed by atoms with van der Waals surface area (Å²) in [6.45, 7) is 5.93. The Morgan fingerprint density at radius 3 is 2.45 bits per heavy atom. The van der Waals surface area contributed by atoms with Crippen molar-refractivity contribution in [1.82, 2.24) is 29.4 Å². The summed E-state index contributed by atoms with van der Waals surface area (Å²) >= 11 is 12.2. The molecule has 0 saturated carbocycles. The molecule has 1 aliphatic heterocycles. The second-order valence-electron chi connectivity index (χ2n) is 7.55. The molecule has 31 heavy (non-hydrogen) atoms. The first-order valence-corrected chi connectivity index (χ1v) is 10.8. The standard InChI is InChI=1S/C21H24Cl2N6O2/c1-15-16(12-26(2)24-15)13-27-8-10-28(11-9-27)21(30)19-6-7-29(25-19)14-31-20-17(22)4-3-5-18(20)23/h3-7,12H,8-11,13-14H2,1-2H3. The normalized spacial score (nSPS) is 14.8. The monoisotopic (exact) mass is 462 g/mol. The number of rotatable bonds is 6. The molecular weight excluding hydrogens is 439 g/mol. The van der Waals surface area contributed by atoms with Gasteiger partial charge in [-0.3, -0.25) is 14.4 Å². The topological polar surface area (TPSA) is 68.4 Å². The summed E-state index contributed by atoms with van der Waals surface area (Å²) in [7, 11) is 1.93. The summed E-state index contributed by atoms with van der Waals surface area (Å²) < 4.78 is 9.06. The first-order chi connectivity index (χ1) is 14.9. The van der Waals surface area contributed by atoms with Crippen LogP contribution in [-0.2, 0) is 20.3 Å². The quantitative estimate of drug-likeness (QED) is 0.562. The molecule has 0 atom stereocenters. The van der Waals surface area contributed by atoms with Crippen LogP contribution in [0, 0.1) is 6.92 Å². The number of amides is 1. The number of halogens is 2. The molecule has 164 valence electrons. The van der Waals surface area contributed by atoms with Gasteiger partial charge in [0.2, 0.25) is 0 Å². The number of ether oxygens (including phenoxy) is 1. The molecular formula is C21H24Cl2N6O2. The molecule has 1 amide bonds. The van der Waals surface area contributed by atoms with Crippen LogP contribution in [-0.4, -0.2) is 61.4 Å². The number of benzene rings is 1. The third kappa shape index (κ3) is 5.03. The maximum absolute atomic E-state index is 12.9. The molecule has 1 aliphatic rings. The van der Waals surface area contributed by atoms with E-state index in [9.17, 15) is 4.79 Å². The van der Waals surface area contributed by atoms with E-state index in [1.807, 2.05) is 23.6 Å². The van der Waals surface area contributed by atoms with Crippen molar-refractivity contribution in [1.29, 1.82) is 0 Å². The lowest BCUT2D eigenvalue weighted by molar-refractivity contribution is 0.0620. The van der Waals surface area contributed by atoms with Gasteiger partial charge < -0.3 is 9.64 Å². The lowest BCUT2D eigenvalue weighted by atomic mass is 10.2. The van der Waals surface area contributed by atoms with Crippen molar-refractivity contribution in [2.75, 3.05) is 26.2 Å². The highest BCUT2D eigenvalue weighted by atomic mass is 35.5. The van der Waals surface area contributed by atoms with Gasteiger partial charge in [-0.1, -0.05) is 29.3 Å². The van der Waals surface area contributed by atoms with Crippen LogP contribution in [0.15, 0.2) is 36.7 Å². The molecule has 10 heteroatoms. The largest absolute Gasteiger partial charge is 0.468 e. The Kier molecular flexibility index (Phi) is 6.50. The fourth-order valence-electron chi connectivity index (χ4n) is 3.61. The minimum atomic E-state index is -0.0771. The van der Waals surface area contributed by atoms with Crippen LogP contribution < -0.4 is 4.74 Å². The van der Waals surface area contributed by atoms with Gasteiger partial charge in [0.15, 0.2) is 18.2 Å². The number of carbonyl (C=O) groups is 1. The molecule has 0 N–H and O–H groups in total. The van der Waals surface area contributed by atoms with Crippen molar-refractivity contribution in [3.05, 3.63) is 63.7 Å². The van der Waals surface area contributed by atoms with Crippen LogP contribution in [0.1, 0.15) is 21.7 Å². The number of nitrogens with zero attached hydrogens (tertiary/aromatic N) is 6. The van der Waals surface area contributed by atoms with E-state index in [-0.39, 0.29) is 12.6 Å². The van der Waals surface area contributed by atoms with E-state index < -0.39 is 0 Å². The molecule has 4 rings (SSSR count). The molecule has 2 aromatic heterocycles. The van der Waals surface area contributed by atoms with E-state index in [0.29, 0.717) is 34.6 Å². The predicted octanol–water partition coefficient (Wildman–Crippen LogP) is 3.23. The summed E-state index contributed by atoms with van der Waals surface area (Å²) in [5.74, 6) is 0.320. The number of para-hydroxylation sites is 1. The van der Waals surface area contributed by atoms with Crippen molar-refractivity contribution < 1.29 is 9.53 Å². The lowest BCUT2D eigenvalue weighted by Gasteiger charge is -2.34. The third-order valence-corrected chi connectivity index (χ3v) is 5.88. The maximum Gasteiger partial charge on any atom is 0.274 e. The van der Waals surface area contributed by atoms with E-state index in [1.165, 1.54) is 5.56 Å². The maximum atomic E-state index is 12.9. The summed E-state index contributed by atoms with van der Waals surface area (Å²) in [6, 6.07) is 6.86. The molecule has 0 bridgehead atoms. The smallest absolute Gasteiger partial charge is 0.274 e. The zero-order valence-corrected chi connectivity index (χ0v) is 19.0. The van der Waals surface area contributed by atoms with Gasteiger partial charge >= 0.3 is 0 Å². The summed E-state index contributed by atoms with van der Waals surface area (Å²) in [5.41, 5.74) is 2.66. The van der Waals surface area contributed by atoms with E-state index in [0.717, 1.165) is 25.3 Å². The Morgan fingerprint density at radius 1 is 1.10 bits per heavy atom. The molecule has 0 aliphatic carbocycles. The molecule has 1 saturated heterocycles. The van der Waals surface area contributed by atoms with Crippen LogP contribution in [0.2, 0.25) is 10.0 Å². The summed E-state index contributed by atoms with van der Waals surface area (Å²) in [6.07, 6.45) is 3.76. The van der Waals surface area contributed by atoms with E-state index in [4.69, 9.17) is 27.9 Å². The average Bonchev–Trinajstić information content (AvgIpc) is 3.34. The van der Waals surface area contributed by atoms with Crippen LogP contribution in [0.4, 0.5) is 0 Å². The highest BCUT2D eigenvalue weighted by Crippen LogP contribution is 2.32. The molecule has 0 radical (unpaired) electrons. The molecule has 1 aromatic carbocycles. The molecule has 8 nitrogen and oxygen atoms in total. The average molecular weight is 463 g/mol. The van der Waals surface area contributed by atoms with Crippen LogP contribution in [0.5, 0.6) is 5.75 Å². The Balaban J connectivity index is 1.30. The first kappa shape index (κ1) is 21.7. The number of hydrogen-bond acceptors (Lipinski definition) is 5. The van der Waals surface area contributed by atoms with Gasteiger partial charge in [0.05, 0.1) is 15.7 Å². The van der Waals surface area contributed by atoms with Crippen molar-refractivity contribution >= 4 is 29.1 Å². The van der Waals surface area contributed by atoms with Crippen molar-refractivity contribution in [3.8, 4) is 5.75 Å². The Hall–Kier alpha value is -2.55. The third-order valence-electron chi connectivity index (χ3n) is 5.29. The van der Waals surface area contributed by atoms with Crippen molar-refractivity contribution in [2.24, 2.45) is 7.05 Å². The Bertz CT molecular complexity index is 1050. The summed E-state index contributed by atoms with van der Waals surface area (Å²) in [4.78, 5) is 17.0. The van der Waals surface area contributed by atoms with Gasteiger partial charge in [0.1, 0.15) is 0 Å². The highest BCUT2D eigenvalue weighted by Gasteiger charge is 2.24. The summed E-state index contributed by atoms with van der Waals surface area (Å²) in [5, 5.41) is 9.60. The van der Waals surface area contributed by atoms with Gasteiger partial charge in [0.25, 0.3) is 5.91 Å². The predicted molar refractivity (Wildman–Crippen MR) is 118 cm³/mol. The number of aromatic nitrogens is 4. The second kappa shape index (κ2) is 9.30. The van der Waals surface area contributed by atoms with Crippen LogP contribution in [0.3, 0.4) is 0 Å². The molecule has 3 aromatic rings. The van der Waals surface area contributed by atoms with E-state index in [1.54, 1.807) is 35.1 Å². The zero-order valence-electron chi connectivity index (χ0n) is 17.5. The number of carbonyl (C=O) groups excluding carboxylic acids is 1. The fourth-order valence-corrected chi connectivity index (χ4v) is 4.12. The van der Waals surface area contributed by atoms with Gasteiger partial charge in [-0.05, 0) is 25.1 Å². The van der Waals surface area contributed by atoms with Crippen LogP contribution >= 0.6 is 23.2 Å². The van der Waals surface area contributed by atoms with E-state index >= 15 is 0 Å². The fraction of sp³-hybridized carbons (Fsp3) is 0.381. The van der Waals surface area contributed by atoms with Gasteiger partial charge in [0, 0.05) is 57.7 Å².